The highest BCUT2D eigenvalue weighted by atomic mass is 16.6. The number of nitro benzene ring substituents is 1. The summed E-state index contributed by atoms with van der Waals surface area (Å²) in [6.07, 6.45) is 1.54. The average molecular weight is 348 g/mol. The molecule has 130 valence electrons. The van der Waals surface area contributed by atoms with Crippen molar-refractivity contribution in [2.45, 2.75) is 6.92 Å². The van der Waals surface area contributed by atoms with E-state index in [1.165, 1.54) is 30.5 Å². The van der Waals surface area contributed by atoms with Crippen LogP contribution in [0.2, 0.25) is 0 Å². The summed E-state index contributed by atoms with van der Waals surface area (Å²) in [5.74, 6) is -0.514. The fourth-order valence-corrected chi connectivity index (χ4v) is 2.57. The summed E-state index contributed by atoms with van der Waals surface area (Å²) < 4.78 is 2.00. The third-order valence-electron chi connectivity index (χ3n) is 3.80. The Bertz CT molecular complexity index is 977. The second-order valence-corrected chi connectivity index (χ2v) is 5.58. The summed E-state index contributed by atoms with van der Waals surface area (Å²) in [5, 5.41) is 14.8. The number of carbonyl (C=O) groups excluding carboxylic acids is 1. The van der Waals surface area contributed by atoms with Crippen LogP contribution < -0.4 is 5.43 Å². The van der Waals surface area contributed by atoms with Crippen molar-refractivity contribution >= 4 is 17.8 Å². The van der Waals surface area contributed by atoms with Crippen molar-refractivity contribution in [1.82, 2.24) is 9.99 Å². The first-order chi connectivity index (χ1) is 12.6. The Kier molecular flexibility index (Phi) is 4.89. The van der Waals surface area contributed by atoms with E-state index in [1.54, 1.807) is 0 Å². The topological polar surface area (TPSA) is 89.5 Å². The molecular weight excluding hydrogens is 332 g/mol. The van der Waals surface area contributed by atoms with Crippen molar-refractivity contribution in [3.8, 4) is 5.69 Å². The zero-order valence-corrected chi connectivity index (χ0v) is 14.0. The predicted molar refractivity (Wildman–Crippen MR) is 98.7 cm³/mol. The highest BCUT2D eigenvalue weighted by Gasteiger charge is 2.11. The van der Waals surface area contributed by atoms with Crippen LogP contribution in [0, 0.1) is 17.0 Å². The van der Waals surface area contributed by atoms with Gasteiger partial charge in [-0.3, -0.25) is 14.9 Å². The lowest BCUT2D eigenvalue weighted by molar-refractivity contribution is -0.384. The lowest BCUT2D eigenvalue weighted by Crippen LogP contribution is -2.18. The van der Waals surface area contributed by atoms with Crippen LogP contribution in [0.4, 0.5) is 5.69 Å². The first-order valence-electron chi connectivity index (χ1n) is 7.88. The number of hydrazone groups is 1. The Morgan fingerprint density at radius 3 is 2.62 bits per heavy atom. The van der Waals surface area contributed by atoms with Crippen molar-refractivity contribution in [2.75, 3.05) is 0 Å². The highest BCUT2D eigenvalue weighted by Crippen LogP contribution is 2.15. The number of amides is 1. The van der Waals surface area contributed by atoms with Gasteiger partial charge in [0.05, 0.1) is 16.8 Å². The first-order valence-corrected chi connectivity index (χ1v) is 7.88. The molecule has 3 aromatic rings. The van der Waals surface area contributed by atoms with Gasteiger partial charge < -0.3 is 4.57 Å². The molecule has 1 aromatic heterocycles. The summed E-state index contributed by atoms with van der Waals surface area (Å²) in [6.45, 7) is 1.98. The van der Waals surface area contributed by atoms with Crippen LogP contribution in [-0.4, -0.2) is 21.6 Å². The zero-order valence-electron chi connectivity index (χ0n) is 14.0. The molecule has 1 amide bonds. The van der Waals surface area contributed by atoms with E-state index in [2.05, 4.69) is 10.5 Å². The molecule has 0 saturated carbocycles. The quantitative estimate of drug-likeness (QED) is 0.435. The molecule has 26 heavy (non-hydrogen) atoms. The van der Waals surface area contributed by atoms with Gasteiger partial charge in [0.2, 0.25) is 0 Å². The van der Waals surface area contributed by atoms with Crippen LogP contribution in [0.15, 0.2) is 71.8 Å². The molecular formula is C19H16N4O3. The van der Waals surface area contributed by atoms with E-state index in [0.29, 0.717) is 0 Å². The summed E-state index contributed by atoms with van der Waals surface area (Å²) in [5.41, 5.74) is 5.24. The number of nitro groups is 1. The van der Waals surface area contributed by atoms with E-state index >= 15 is 0 Å². The number of aryl methyl sites for hydroxylation is 1. The maximum atomic E-state index is 12.1. The first kappa shape index (κ1) is 17.1. The molecule has 0 aliphatic carbocycles. The molecule has 0 bridgehead atoms. The fourth-order valence-electron chi connectivity index (χ4n) is 2.57. The average Bonchev–Trinajstić information content (AvgIpc) is 3.03. The van der Waals surface area contributed by atoms with Crippen molar-refractivity contribution in [1.29, 1.82) is 0 Å². The van der Waals surface area contributed by atoms with Gasteiger partial charge >= 0.3 is 0 Å². The van der Waals surface area contributed by atoms with E-state index in [0.717, 1.165) is 17.1 Å². The van der Waals surface area contributed by atoms with Crippen molar-refractivity contribution in [2.24, 2.45) is 5.10 Å². The Morgan fingerprint density at radius 2 is 1.88 bits per heavy atom. The third kappa shape index (κ3) is 3.67. The Balaban J connectivity index is 1.77. The van der Waals surface area contributed by atoms with Gasteiger partial charge in [0.25, 0.3) is 11.6 Å². The number of benzene rings is 2. The van der Waals surface area contributed by atoms with E-state index in [1.807, 2.05) is 54.0 Å². The van der Waals surface area contributed by atoms with Crippen LogP contribution in [0.25, 0.3) is 5.69 Å². The van der Waals surface area contributed by atoms with Crippen molar-refractivity contribution in [3.63, 3.8) is 0 Å². The molecule has 0 aliphatic rings. The lowest BCUT2D eigenvalue weighted by Gasteiger charge is -2.08. The maximum absolute atomic E-state index is 12.1. The molecule has 1 N–H and O–H groups in total. The van der Waals surface area contributed by atoms with Crippen molar-refractivity contribution < 1.29 is 9.72 Å². The van der Waals surface area contributed by atoms with Gasteiger partial charge in [-0.2, -0.15) is 5.10 Å². The van der Waals surface area contributed by atoms with E-state index in [4.69, 9.17) is 0 Å². The highest BCUT2D eigenvalue weighted by molar-refractivity contribution is 5.95. The van der Waals surface area contributed by atoms with Gasteiger partial charge in [0.1, 0.15) is 0 Å². The molecule has 0 fully saturated rings. The number of nitrogens with zero attached hydrogens (tertiary/aromatic N) is 3. The van der Waals surface area contributed by atoms with E-state index < -0.39 is 10.8 Å². The van der Waals surface area contributed by atoms with Gasteiger partial charge in [-0.15, -0.1) is 0 Å². The fraction of sp³-hybridized carbons (Fsp3) is 0.0526. The van der Waals surface area contributed by atoms with Crippen LogP contribution in [0.1, 0.15) is 21.7 Å². The lowest BCUT2D eigenvalue weighted by atomic mass is 10.2. The predicted octanol–water partition coefficient (Wildman–Crippen LogP) is 3.46. The van der Waals surface area contributed by atoms with Gasteiger partial charge in [0, 0.05) is 29.1 Å². The van der Waals surface area contributed by atoms with Crippen molar-refractivity contribution in [3.05, 3.63) is 93.8 Å². The number of hydrogen-bond donors (Lipinski definition) is 1. The SMILES string of the molecule is Cc1ccc(/C=N/NC(=O)c2cccc([N+](=O)[O-])c2)n1-c1ccccc1. The Labute approximate surface area is 149 Å². The molecule has 0 spiro atoms. The Morgan fingerprint density at radius 1 is 1.12 bits per heavy atom. The molecule has 7 nitrogen and oxygen atoms in total. The number of aromatic nitrogens is 1. The van der Waals surface area contributed by atoms with Gasteiger partial charge in [-0.1, -0.05) is 24.3 Å². The Hall–Kier alpha value is -3.74. The number of carbonyl (C=O) groups is 1. The van der Waals surface area contributed by atoms with Gasteiger partial charge in [0.15, 0.2) is 0 Å². The minimum absolute atomic E-state index is 0.143. The summed E-state index contributed by atoms with van der Waals surface area (Å²) in [4.78, 5) is 22.4. The van der Waals surface area contributed by atoms with E-state index in [-0.39, 0.29) is 11.3 Å². The molecule has 0 unspecified atom stereocenters. The van der Waals surface area contributed by atoms with Crippen LogP contribution >= 0.6 is 0 Å². The molecule has 0 radical (unpaired) electrons. The minimum Gasteiger partial charge on any atom is -0.313 e. The number of hydrogen-bond acceptors (Lipinski definition) is 4. The van der Waals surface area contributed by atoms with Crippen LogP contribution in [-0.2, 0) is 0 Å². The molecule has 1 heterocycles. The number of non-ortho nitro benzene ring substituents is 1. The zero-order chi connectivity index (χ0) is 18.5. The number of rotatable bonds is 5. The van der Waals surface area contributed by atoms with Gasteiger partial charge in [-0.25, -0.2) is 5.43 Å². The van der Waals surface area contributed by atoms with Gasteiger partial charge in [-0.05, 0) is 37.3 Å². The van der Waals surface area contributed by atoms with Crippen LogP contribution in [0.5, 0.6) is 0 Å². The third-order valence-corrected chi connectivity index (χ3v) is 3.80. The van der Waals surface area contributed by atoms with Crippen LogP contribution in [0.3, 0.4) is 0 Å². The summed E-state index contributed by atoms with van der Waals surface area (Å²) in [6, 6.07) is 19.1. The molecule has 0 atom stereocenters. The minimum atomic E-state index is -0.546. The van der Waals surface area contributed by atoms with E-state index in [9.17, 15) is 14.9 Å². The number of nitrogens with one attached hydrogen (secondary N) is 1. The summed E-state index contributed by atoms with van der Waals surface area (Å²) in [7, 11) is 0. The molecule has 0 aliphatic heterocycles. The molecule has 7 heteroatoms. The smallest absolute Gasteiger partial charge is 0.271 e. The second-order valence-electron chi connectivity index (χ2n) is 5.58. The normalized spacial score (nSPS) is 10.8. The monoisotopic (exact) mass is 348 g/mol. The largest absolute Gasteiger partial charge is 0.313 e. The maximum Gasteiger partial charge on any atom is 0.271 e. The standard InChI is InChI=1S/C19H16N4O3/c1-14-10-11-18(22(14)16-7-3-2-4-8-16)13-20-21-19(24)15-6-5-9-17(12-15)23(25)26/h2-13H,1H3,(H,21,24)/b20-13+. The second kappa shape index (κ2) is 7.43. The summed E-state index contributed by atoms with van der Waals surface area (Å²) >= 11 is 0. The molecule has 0 saturated heterocycles. The number of para-hydroxylation sites is 1. The molecule has 2 aromatic carbocycles. The molecule has 3 rings (SSSR count).